The molecule has 104 valence electrons. The highest BCUT2D eigenvalue weighted by Gasteiger charge is 2.17. The third-order valence-corrected chi connectivity index (χ3v) is 2.45. The summed E-state index contributed by atoms with van der Waals surface area (Å²) >= 11 is 0. The van der Waals surface area contributed by atoms with Gasteiger partial charge in [0, 0.05) is 25.9 Å². The molecule has 0 aliphatic rings. The fourth-order valence-corrected chi connectivity index (χ4v) is 1.41. The maximum absolute atomic E-state index is 12.0. The van der Waals surface area contributed by atoms with Crippen LogP contribution in [0.4, 0.5) is 5.82 Å². The maximum Gasteiger partial charge on any atom is 0.328 e. The summed E-state index contributed by atoms with van der Waals surface area (Å²) in [6, 6.07) is 2.58. The molecule has 1 rings (SSSR count). The van der Waals surface area contributed by atoms with Crippen molar-refractivity contribution < 1.29 is 14.3 Å². The van der Waals surface area contributed by atoms with Crippen LogP contribution in [-0.2, 0) is 9.53 Å². The Labute approximate surface area is 112 Å². The van der Waals surface area contributed by atoms with Gasteiger partial charge in [-0.25, -0.2) is 9.78 Å². The molecule has 6 heteroatoms. The van der Waals surface area contributed by atoms with Crippen LogP contribution < -0.4 is 10.2 Å². The molecule has 0 aliphatic heterocycles. The van der Waals surface area contributed by atoms with Gasteiger partial charge in [-0.2, -0.15) is 0 Å². The van der Waals surface area contributed by atoms with Crippen LogP contribution in [0.1, 0.15) is 24.2 Å². The van der Waals surface area contributed by atoms with Gasteiger partial charge in [0.15, 0.2) is 0 Å². The molecule has 1 N–H and O–H groups in total. The molecule has 1 unspecified atom stereocenters. The van der Waals surface area contributed by atoms with Crippen LogP contribution in [0.15, 0.2) is 18.3 Å². The van der Waals surface area contributed by atoms with Gasteiger partial charge in [-0.3, -0.25) is 4.79 Å². The van der Waals surface area contributed by atoms with Crippen molar-refractivity contribution in [2.45, 2.75) is 19.9 Å². The molecular weight excluding hydrogens is 246 g/mol. The number of hydrogen-bond donors (Lipinski definition) is 1. The van der Waals surface area contributed by atoms with Crippen molar-refractivity contribution in [3.8, 4) is 0 Å². The van der Waals surface area contributed by atoms with E-state index in [4.69, 9.17) is 4.74 Å². The lowest BCUT2D eigenvalue weighted by Crippen LogP contribution is -2.39. The fraction of sp³-hybridized carbons (Fsp3) is 0.462. The highest BCUT2D eigenvalue weighted by molar-refractivity contribution is 5.97. The van der Waals surface area contributed by atoms with E-state index in [0.29, 0.717) is 18.0 Å². The van der Waals surface area contributed by atoms with Gasteiger partial charge >= 0.3 is 5.97 Å². The molecule has 0 fully saturated rings. The first-order valence-electron chi connectivity index (χ1n) is 6.06. The van der Waals surface area contributed by atoms with Crippen LogP contribution in [0.2, 0.25) is 0 Å². The largest absolute Gasteiger partial charge is 0.464 e. The van der Waals surface area contributed by atoms with Crippen molar-refractivity contribution in [3.63, 3.8) is 0 Å². The zero-order chi connectivity index (χ0) is 14.4. The molecule has 1 amide bonds. The maximum atomic E-state index is 12.0. The van der Waals surface area contributed by atoms with Gasteiger partial charge in [0.05, 0.1) is 6.61 Å². The van der Waals surface area contributed by atoms with Crippen LogP contribution in [0.3, 0.4) is 0 Å². The predicted octanol–water partition coefficient (Wildman–Crippen LogP) is 0.829. The number of ether oxygens (including phenoxy) is 1. The minimum Gasteiger partial charge on any atom is -0.464 e. The summed E-state index contributed by atoms with van der Waals surface area (Å²) < 4.78 is 4.83. The van der Waals surface area contributed by atoms with E-state index in [1.807, 2.05) is 14.1 Å². The van der Waals surface area contributed by atoms with E-state index in [1.54, 1.807) is 37.1 Å². The van der Waals surface area contributed by atoms with E-state index in [0.717, 1.165) is 0 Å². The molecule has 0 aliphatic carbocycles. The lowest BCUT2D eigenvalue weighted by atomic mass is 10.2. The minimum absolute atomic E-state index is 0.291. The van der Waals surface area contributed by atoms with Crippen molar-refractivity contribution in [3.05, 3.63) is 23.9 Å². The zero-order valence-electron chi connectivity index (χ0n) is 11.6. The van der Waals surface area contributed by atoms with Gasteiger partial charge in [0.25, 0.3) is 5.91 Å². The molecule has 1 atom stereocenters. The molecule has 6 nitrogen and oxygen atoms in total. The second kappa shape index (κ2) is 6.72. The number of anilines is 1. The number of amides is 1. The Morgan fingerprint density at radius 3 is 2.74 bits per heavy atom. The van der Waals surface area contributed by atoms with Crippen molar-refractivity contribution in [1.82, 2.24) is 10.3 Å². The van der Waals surface area contributed by atoms with E-state index < -0.39 is 12.0 Å². The Bertz CT molecular complexity index is 460. The highest BCUT2D eigenvalue weighted by Crippen LogP contribution is 2.09. The topological polar surface area (TPSA) is 71.5 Å². The lowest BCUT2D eigenvalue weighted by Gasteiger charge is -2.14. The van der Waals surface area contributed by atoms with E-state index in [-0.39, 0.29) is 5.91 Å². The number of nitrogens with one attached hydrogen (secondary N) is 1. The molecule has 1 aromatic rings. The van der Waals surface area contributed by atoms with Crippen LogP contribution in [0, 0.1) is 0 Å². The van der Waals surface area contributed by atoms with Gasteiger partial charge < -0.3 is 15.0 Å². The molecule has 0 saturated carbocycles. The molecule has 0 bridgehead atoms. The minimum atomic E-state index is -0.677. The standard InChI is InChI=1S/C13H19N3O3/c1-5-19-13(18)9(2)15-12(17)10-6-7-14-11(8-10)16(3)4/h6-9H,5H2,1-4H3,(H,15,17). The molecule has 0 saturated heterocycles. The van der Waals surface area contributed by atoms with Crippen LogP contribution in [0.25, 0.3) is 0 Å². The summed E-state index contributed by atoms with van der Waals surface area (Å²) in [7, 11) is 3.68. The van der Waals surface area contributed by atoms with E-state index in [9.17, 15) is 9.59 Å². The number of carbonyl (C=O) groups is 2. The first kappa shape index (κ1) is 14.9. The van der Waals surface area contributed by atoms with Gasteiger partial charge in [-0.1, -0.05) is 0 Å². The Morgan fingerprint density at radius 2 is 2.16 bits per heavy atom. The lowest BCUT2D eigenvalue weighted by molar-refractivity contribution is -0.144. The number of esters is 1. The average molecular weight is 265 g/mol. The van der Waals surface area contributed by atoms with E-state index in [1.165, 1.54) is 0 Å². The number of pyridine rings is 1. The normalized spacial score (nSPS) is 11.6. The monoisotopic (exact) mass is 265 g/mol. The SMILES string of the molecule is CCOC(=O)C(C)NC(=O)c1ccnc(N(C)C)c1. The molecule has 19 heavy (non-hydrogen) atoms. The Morgan fingerprint density at radius 1 is 1.47 bits per heavy atom. The van der Waals surface area contributed by atoms with Crippen LogP contribution in [-0.4, -0.2) is 43.6 Å². The Kier molecular flexibility index (Phi) is 5.29. The summed E-state index contributed by atoms with van der Waals surface area (Å²) in [5.74, 6) is -0.0970. The summed E-state index contributed by atoms with van der Waals surface area (Å²) in [5.41, 5.74) is 0.454. The average Bonchev–Trinajstić information content (AvgIpc) is 2.39. The van der Waals surface area contributed by atoms with E-state index >= 15 is 0 Å². The quantitative estimate of drug-likeness (QED) is 0.798. The number of hydrogen-bond acceptors (Lipinski definition) is 5. The third kappa shape index (κ3) is 4.24. The van der Waals surface area contributed by atoms with Gasteiger partial charge in [0.1, 0.15) is 11.9 Å². The predicted molar refractivity (Wildman–Crippen MR) is 72.1 cm³/mol. The van der Waals surface area contributed by atoms with Crippen molar-refractivity contribution in [1.29, 1.82) is 0 Å². The smallest absolute Gasteiger partial charge is 0.328 e. The molecule has 0 radical (unpaired) electrons. The third-order valence-electron chi connectivity index (χ3n) is 2.45. The van der Waals surface area contributed by atoms with Crippen molar-refractivity contribution >= 4 is 17.7 Å². The summed E-state index contributed by atoms with van der Waals surface area (Å²) in [6.45, 7) is 3.60. The first-order valence-corrected chi connectivity index (χ1v) is 6.06. The van der Waals surface area contributed by atoms with Crippen molar-refractivity contribution in [2.75, 3.05) is 25.6 Å². The number of carbonyl (C=O) groups excluding carboxylic acids is 2. The summed E-state index contributed by atoms with van der Waals surface area (Å²) in [4.78, 5) is 29.3. The van der Waals surface area contributed by atoms with Gasteiger partial charge in [-0.15, -0.1) is 0 Å². The highest BCUT2D eigenvalue weighted by atomic mass is 16.5. The second-order valence-corrected chi connectivity index (χ2v) is 4.24. The van der Waals surface area contributed by atoms with Crippen LogP contribution in [0.5, 0.6) is 0 Å². The van der Waals surface area contributed by atoms with Gasteiger partial charge in [0.2, 0.25) is 0 Å². The molecule has 1 heterocycles. The number of nitrogens with zero attached hydrogens (tertiary/aromatic N) is 2. The van der Waals surface area contributed by atoms with Gasteiger partial charge in [-0.05, 0) is 26.0 Å². The zero-order valence-corrected chi connectivity index (χ0v) is 11.6. The summed E-state index contributed by atoms with van der Waals surface area (Å²) in [6.07, 6.45) is 1.55. The van der Waals surface area contributed by atoms with E-state index in [2.05, 4.69) is 10.3 Å². The molecule has 0 spiro atoms. The molecule has 0 aromatic carbocycles. The fourth-order valence-electron chi connectivity index (χ4n) is 1.41. The number of rotatable bonds is 5. The Balaban J connectivity index is 2.73. The molecular formula is C13H19N3O3. The Hall–Kier alpha value is -2.11. The second-order valence-electron chi connectivity index (χ2n) is 4.24. The van der Waals surface area contributed by atoms with Crippen LogP contribution >= 0.6 is 0 Å². The summed E-state index contributed by atoms with van der Waals surface area (Å²) in [5, 5.41) is 2.59. The van der Waals surface area contributed by atoms with Crippen molar-refractivity contribution in [2.24, 2.45) is 0 Å². The molecule has 1 aromatic heterocycles. The number of aromatic nitrogens is 1. The first-order chi connectivity index (χ1) is 8.95.